The van der Waals surface area contributed by atoms with Crippen LogP contribution >= 0.6 is 23.7 Å². The predicted octanol–water partition coefficient (Wildman–Crippen LogP) is 2.59. The number of halogens is 2. The average molecular weight is 452 g/mol. The van der Waals surface area contributed by atoms with E-state index in [1.165, 1.54) is 39.3 Å². The SMILES string of the molecule is Cl.O=C(O)c1cc(F)ccc1CN1CCn2cc(-c3nccs3)c(=O)c(O)c2C1=O. The molecule has 0 unspecified atom stereocenters. The Kier molecular flexibility index (Phi) is 5.90. The van der Waals surface area contributed by atoms with Crippen LogP contribution in [0.2, 0.25) is 0 Å². The van der Waals surface area contributed by atoms with Crippen LogP contribution in [-0.4, -0.2) is 43.1 Å². The molecule has 1 aliphatic heterocycles. The maximum Gasteiger partial charge on any atom is 0.336 e. The number of benzene rings is 1. The van der Waals surface area contributed by atoms with E-state index in [1.807, 2.05) is 0 Å². The number of hydrogen-bond acceptors (Lipinski definition) is 6. The van der Waals surface area contributed by atoms with Gasteiger partial charge in [0.15, 0.2) is 11.4 Å². The average Bonchev–Trinajstić information content (AvgIpc) is 3.22. The number of pyridine rings is 1. The minimum atomic E-state index is -1.31. The van der Waals surface area contributed by atoms with Crippen molar-refractivity contribution in [2.45, 2.75) is 13.1 Å². The Morgan fingerprint density at radius 2 is 2.03 bits per heavy atom. The predicted molar refractivity (Wildman–Crippen MR) is 109 cm³/mol. The molecule has 1 amide bonds. The fraction of sp³-hybridized carbons (Fsp3) is 0.158. The quantitative estimate of drug-likeness (QED) is 0.630. The molecule has 156 valence electrons. The van der Waals surface area contributed by atoms with E-state index in [9.17, 15) is 29.0 Å². The zero-order valence-electron chi connectivity index (χ0n) is 15.2. The van der Waals surface area contributed by atoms with Gasteiger partial charge in [0.05, 0.1) is 11.1 Å². The van der Waals surface area contributed by atoms with Gasteiger partial charge in [-0.2, -0.15) is 0 Å². The van der Waals surface area contributed by atoms with Gasteiger partial charge in [0.1, 0.15) is 10.8 Å². The summed E-state index contributed by atoms with van der Waals surface area (Å²) in [6, 6.07) is 3.31. The van der Waals surface area contributed by atoms with Crippen molar-refractivity contribution in [1.82, 2.24) is 14.5 Å². The van der Waals surface area contributed by atoms with E-state index in [-0.39, 0.29) is 54.4 Å². The van der Waals surface area contributed by atoms with Crippen LogP contribution in [0.15, 0.2) is 40.8 Å². The van der Waals surface area contributed by atoms with E-state index in [1.54, 1.807) is 5.38 Å². The molecule has 0 radical (unpaired) electrons. The van der Waals surface area contributed by atoms with Gasteiger partial charge in [0.25, 0.3) is 5.91 Å². The first-order chi connectivity index (χ1) is 13.9. The standard InChI is InChI=1S/C19H14FN3O5S.ClH/c20-11-2-1-10(12(7-11)19(27)28)8-23-5-4-22-9-13(17-21-3-6-29-17)15(24)16(25)14(22)18(23)26;/h1-3,6-7,9,25H,4-5,8H2,(H,27,28);1H. The number of hydrogen-bond donors (Lipinski definition) is 2. The Bertz CT molecular complexity index is 1200. The molecule has 3 aromatic rings. The molecule has 0 atom stereocenters. The normalized spacial score (nSPS) is 13.0. The van der Waals surface area contributed by atoms with Crippen LogP contribution in [0.1, 0.15) is 26.4 Å². The molecular weight excluding hydrogens is 437 g/mol. The van der Waals surface area contributed by atoms with Crippen molar-refractivity contribution in [3.05, 3.63) is 68.8 Å². The van der Waals surface area contributed by atoms with E-state index < -0.39 is 28.9 Å². The number of fused-ring (bicyclic) bond motifs is 1. The molecule has 1 aromatic carbocycles. The van der Waals surface area contributed by atoms with E-state index in [0.717, 1.165) is 12.1 Å². The molecule has 2 aromatic heterocycles. The van der Waals surface area contributed by atoms with E-state index in [4.69, 9.17) is 0 Å². The topological polar surface area (TPSA) is 113 Å². The number of aromatic hydroxyl groups is 1. The number of aromatic carboxylic acids is 1. The maximum atomic E-state index is 13.4. The molecule has 2 N–H and O–H groups in total. The third-order valence-corrected chi connectivity index (χ3v) is 5.49. The number of carboxylic acid groups (broad SMARTS) is 1. The first-order valence-electron chi connectivity index (χ1n) is 8.54. The summed E-state index contributed by atoms with van der Waals surface area (Å²) in [5.74, 6) is -3.29. The molecule has 30 heavy (non-hydrogen) atoms. The lowest BCUT2D eigenvalue weighted by Crippen LogP contribution is -2.41. The molecule has 0 bridgehead atoms. The monoisotopic (exact) mass is 451 g/mol. The summed E-state index contributed by atoms with van der Waals surface area (Å²) < 4.78 is 14.9. The summed E-state index contributed by atoms with van der Waals surface area (Å²) in [7, 11) is 0. The molecule has 4 rings (SSSR count). The summed E-state index contributed by atoms with van der Waals surface area (Å²) in [6.07, 6.45) is 3.03. The Hall–Kier alpha value is -3.24. The Balaban J connectivity index is 0.00000256. The van der Waals surface area contributed by atoms with E-state index in [2.05, 4.69) is 4.98 Å². The number of rotatable bonds is 4. The third kappa shape index (κ3) is 3.66. The van der Waals surface area contributed by atoms with Crippen molar-refractivity contribution in [1.29, 1.82) is 0 Å². The Morgan fingerprint density at radius 1 is 1.27 bits per heavy atom. The number of amides is 1. The van der Waals surface area contributed by atoms with Gasteiger partial charge in [-0.1, -0.05) is 6.07 Å². The number of carbonyl (C=O) groups is 2. The second-order valence-corrected chi connectivity index (χ2v) is 7.33. The number of carboxylic acids is 1. The van der Waals surface area contributed by atoms with Gasteiger partial charge in [-0.25, -0.2) is 14.2 Å². The molecule has 8 nitrogen and oxygen atoms in total. The largest absolute Gasteiger partial charge is 0.503 e. The molecule has 0 saturated heterocycles. The van der Waals surface area contributed by atoms with Gasteiger partial charge in [-0.3, -0.25) is 9.59 Å². The van der Waals surface area contributed by atoms with Crippen molar-refractivity contribution in [2.24, 2.45) is 0 Å². The van der Waals surface area contributed by atoms with Crippen molar-refractivity contribution >= 4 is 35.6 Å². The maximum absolute atomic E-state index is 13.4. The summed E-state index contributed by atoms with van der Waals surface area (Å²) in [6.45, 7) is 0.418. The van der Waals surface area contributed by atoms with Crippen molar-refractivity contribution in [3.8, 4) is 16.3 Å². The summed E-state index contributed by atoms with van der Waals surface area (Å²) in [4.78, 5) is 42.2. The van der Waals surface area contributed by atoms with Crippen LogP contribution in [0.5, 0.6) is 5.75 Å². The highest BCUT2D eigenvalue weighted by molar-refractivity contribution is 7.13. The minimum Gasteiger partial charge on any atom is -0.503 e. The smallest absolute Gasteiger partial charge is 0.336 e. The fourth-order valence-corrected chi connectivity index (χ4v) is 3.93. The van der Waals surface area contributed by atoms with Crippen LogP contribution in [0.3, 0.4) is 0 Å². The van der Waals surface area contributed by atoms with Crippen molar-refractivity contribution in [3.63, 3.8) is 0 Å². The van der Waals surface area contributed by atoms with Gasteiger partial charge in [-0.15, -0.1) is 23.7 Å². The second kappa shape index (κ2) is 8.25. The molecule has 0 saturated carbocycles. The minimum absolute atomic E-state index is 0. The molecule has 0 aliphatic carbocycles. The van der Waals surface area contributed by atoms with Crippen molar-refractivity contribution in [2.75, 3.05) is 6.54 Å². The highest BCUT2D eigenvalue weighted by Crippen LogP contribution is 2.27. The lowest BCUT2D eigenvalue weighted by atomic mass is 10.1. The number of aromatic nitrogens is 2. The van der Waals surface area contributed by atoms with Crippen LogP contribution in [0, 0.1) is 5.82 Å². The Morgan fingerprint density at radius 3 is 2.70 bits per heavy atom. The molecule has 0 spiro atoms. The van der Waals surface area contributed by atoms with Crippen LogP contribution in [-0.2, 0) is 13.1 Å². The summed E-state index contributed by atoms with van der Waals surface area (Å²) >= 11 is 1.24. The third-order valence-electron chi connectivity index (χ3n) is 4.68. The van der Waals surface area contributed by atoms with Gasteiger partial charge in [0, 0.05) is 37.4 Å². The lowest BCUT2D eigenvalue weighted by Gasteiger charge is -2.30. The number of thiazole rings is 1. The van der Waals surface area contributed by atoms with Gasteiger partial charge < -0.3 is 19.7 Å². The van der Waals surface area contributed by atoms with Gasteiger partial charge in [0.2, 0.25) is 5.43 Å². The zero-order valence-corrected chi connectivity index (χ0v) is 16.9. The Labute approximate surface area is 179 Å². The fourth-order valence-electron chi connectivity index (χ4n) is 3.28. The van der Waals surface area contributed by atoms with E-state index in [0.29, 0.717) is 5.01 Å². The second-order valence-electron chi connectivity index (χ2n) is 6.43. The highest BCUT2D eigenvalue weighted by atomic mass is 35.5. The molecular formula is C19H15ClFN3O5S. The molecule has 0 fully saturated rings. The van der Waals surface area contributed by atoms with Crippen LogP contribution in [0.25, 0.3) is 10.6 Å². The first-order valence-corrected chi connectivity index (χ1v) is 9.42. The lowest BCUT2D eigenvalue weighted by molar-refractivity contribution is 0.0659. The summed E-state index contributed by atoms with van der Waals surface area (Å²) in [5.41, 5.74) is -0.657. The molecule has 3 heterocycles. The summed E-state index contributed by atoms with van der Waals surface area (Å²) in [5, 5.41) is 21.8. The highest BCUT2D eigenvalue weighted by Gasteiger charge is 2.30. The van der Waals surface area contributed by atoms with Crippen LogP contribution in [0.4, 0.5) is 4.39 Å². The first kappa shape index (κ1) is 21.5. The zero-order chi connectivity index (χ0) is 20.7. The van der Waals surface area contributed by atoms with Gasteiger partial charge >= 0.3 is 5.97 Å². The van der Waals surface area contributed by atoms with Crippen LogP contribution < -0.4 is 5.43 Å². The van der Waals surface area contributed by atoms with Gasteiger partial charge in [-0.05, 0) is 17.7 Å². The number of carbonyl (C=O) groups excluding carboxylic acids is 1. The number of nitrogens with zero attached hydrogens (tertiary/aromatic N) is 3. The van der Waals surface area contributed by atoms with Crippen molar-refractivity contribution < 1.29 is 24.2 Å². The van der Waals surface area contributed by atoms with E-state index >= 15 is 0 Å². The molecule has 11 heteroatoms. The molecule has 1 aliphatic rings.